The summed E-state index contributed by atoms with van der Waals surface area (Å²) < 4.78 is 5.45. The van der Waals surface area contributed by atoms with Gasteiger partial charge in [0.05, 0.1) is 17.1 Å². The highest BCUT2D eigenvalue weighted by molar-refractivity contribution is 6.10. The molecular weight excluding hydrogens is 282 g/mol. The van der Waals surface area contributed by atoms with Gasteiger partial charge in [0.25, 0.3) is 5.91 Å². The number of amides is 2. The summed E-state index contributed by atoms with van der Waals surface area (Å²) >= 11 is 0. The Kier molecular flexibility index (Phi) is 3.44. The molecule has 1 N–H and O–H groups in total. The zero-order valence-corrected chi connectivity index (χ0v) is 12.7. The van der Waals surface area contributed by atoms with Gasteiger partial charge >= 0.3 is 0 Å². The topological polar surface area (TPSA) is 75.4 Å². The molecule has 0 spiro atoms. The summed E-state index contributed by atoms with van der Waals surface area (Å²) in [6.45, 7) is 5.29. The van der Waals surface area contributed by atoms with E-state index < -0.39 is 0 Å². The van der Waals surface area contributed by atoms with E-state index in [1.807, 2.05) is 25.1 Å². The van der Waals surface area contributed by atoms with Crippen molar-refractivity contribution < 1.29 is 14.0 Å². The van der Waals surface area contributed by atoms with E-state index in [1.165, 1.54) is 0 Å². The molecule has 0 fully saturated rings. The lowest BCUT2D eigenvalue weighted by Gasteiger charge is -2.26. The Labute approximate surface area is 128 Å². The average molecular weight is 299 g/mol. The summed E-state index contributed by atoms with van der Waals surface area (Å²) in [5.41, 5.74) is 1.84. The smallest absolute Gasteiger partial charge is 0.296 e. The van der Waals surface area contributed by atoms with E-state index in [-0.39, 0.29) is 30.0 Å². The fourth-order valence-electron chi connectivity index (χ4n) is 2.74. The second-order valence-electron chi connectivity index (χ2n) is 5.44. The molecule has 1 atom stereocenters. The maximum atomic E-state index is 12.9. The van der Waals surface area contributed by atoms with E-state index in [4.69, 9.17) is 4.42 Å². The highest BCUT2D eigenvalue weighted by Gasteiger charge is 2.32. The number of oxazole rings is 1. The minimum Gasteiger partial charge on any atom is -0.436 e. The molecule has 0 radical (unpaired) electrons. The summed E-state index contributed by atoms with van der Waals surface area (Å²) in [5, 5.41) is 2.83. The fraction of sp³-hybridized carbons (Fsp3) is 0.312. The molecule has 6 heteroatoms. The summed E-state index contributed by atoms with van der Waals surface area (Å²) in [5.74, 6) is 0.273. The van der Waals surface area contributed by atoms with E-state index in [0.29, 0.717) is 23.0 Å². The SMILES string of the molecule is Cc1nc(C)c(C(=O)N2c3ccccc3NC(=O)C[C@@H]2C)o1. The second-order valence-corrected chi connectivity index (χ2v) is 5.44. The molecule has 1 aliphatic heterocycles. The monoisotopic (exact) mass is 299 g/mol. The largest absolute Gasteiger partial charge is 0.436 e. The minimum absolute atomic E-state index is 0.110. The number of hydrogen-bond acceptors (Lipinski definition) is 4. The quantitative estimate of drug-likeness (QED) is 0.878. The van der Waals surface area contributed by atoms with Crippen molar-refractivity contribution in [3.05, 3.63) is 41.6 Å². The number of benzene rings is 1. The van der Waals surface area contributed by atoms with E-state index in [1.54, 1.807) is 24.8 Å². The Hall–Kier alpha value is -2.63. The van der Waals surface area contributed by atoms with Gasteiger partial charge in [-0.25, -0.2) is 4.98 Å². The Balaban J connectivity index is 2.10. The van der Waals surface area contributed by atoms with E-state index in [9.17, 15) is 9.59 Å². The number of nitrogens with zero attached hydrogens (tertiary/aromatic N) is 2. The first-order valence-electron chi connectivity index (χ1n) is 7.14. The number of carbonyl (C=O) groups excluding carboxylic acids is 2. The van der Waals surface area contributed by atoms with Crippen molar-refractivity contribution in [3.8, 4) is 0 Å². The third-order valence-electron chi connectivity index (χ3n) is 3.68. The molecule has 2 aromatic rings. The molecule has 3 rings (SSSR count). The molecule has 0 bridgehead atoms. The van der Waals surface area contributed by atoms with Crippen LogP contribution in [-0.2, 0) is 4.79 Å². The molecule has 6 nitrogen and oxygen atoms in total. The van der Waals surface area contributed by atoms with Crippen LogP contribution in [0.4, 0.5) is 11.4 Å². The molecule has 0 saturated heterocycles. The van der Waals surface area contributed by atoms with Gasteiger partial charge in [0, 0.05) is 19.4 Å². The van der Waals surface area contributed by atoms with Crippen LogP contribution < -0.4 is 10.2 Å². The highest BCUT2D eigenvalue weighted by Crippen LogP contribution is 2.32. The molecule has 0 aliphatic carbocycles. The van der Waals surface area contributed by atoms with Gasteiger partial charge < -0.3 is 14.6 Å². The molecular formula is C16H17N3O3. The molecule has 22 heavy (non-hydrogen) atoms. The Morgan fingerprint density at radius 3 is 2.77 bits per heavy atom. The zero-order chi connectivity index (χ0) is 15.9. The summed E-state index contributed by atoms with van der Waals surface area (Å²) in [7, 11) is 0. The average Bonchev–Trinajstić information content (AvgIpc) is 2.72. The van der Waals surface area contributed by atoms with Crippen LogP contribution in [0, 0.1) is 13.8 Å². The normalized spacial score (nSPS) is 17.7. The third kappa shape index (κ3) is 2.36. The van der Waals surface area contributed by atoms with E-state index in [2.05, 4.69) is 10.3 Å². The predicted molar refractivity (Wildman–Crippen MR) is 81.9 cm³/mol. The first-order valence-corrected chi connectivity index (χ1v) is 7.14. The number of fused-ring (bicyclic) bond motifs is 1. The molecule has 0 unspecified atom stereocenters. The Morgan fingerprint density at radius 1 is 1.36 bits per heavy atom. The predicted octanol–water partition coefficient (Wildman–Crippen LogP) is 2.67. The van der Waals surface area contributed by atoms with Crippen LogP contribution in [0.3, 0.4) is 0 Å². The fourth-order valence-corrected chi connectivity index (χ4v) is 2.74. The lowest BCUT2D eigenvalue weighted by Crippen LogP contribution is -2.39. The van der Waals surface area contributed by atoms with Crippen LogP contribution in [-0.4, -0.2) is 22.8 Å². The first-order chi connectivity index (χ1) is 10.5. The standard InChI is InChI=1S/C16H17N3O3/c1-9-8-14(20)18-12-6-4-5-7-13(12)19(9)16(21)15-10(2)17-11(3)22-15/h4-7,9H,8H2,1-3H3,(H,18,20)/t9-/m0/s1. The van der Waals surface area contributed by atoms with Crippen molar-refractivity contribution in [1.82, 2.24) is 4.98 Å². The third-order valence-corrected chi connectivity index (χ3v) is 3.68. The Morgan fingerprint density at radius 2 is 2.09 bits per heavy atom. The lowest BCUT2D eigenvalue weighted by molar-refractivity contribution is -0.116. The Bertz CT molecular complexity index is 751. The second kappa shape index (κ2) is 5.29. The summed E-state index contributed by atoms with van der Waals surface area (Å²) in [6, 6.07) is 6.97. The molecule has 1 aromatic carbocycles. The van der Waals surface area contributed by atoms with Crippen molar-refractivity contribution in [2.75, 3.05) is 10.2 Å². The van der Waals surface area contributed by atoms with E-state index >= 15 is 0 Å². The number of hydrogen-bond donors (Lipinski definition) is 1. The minimum atomic E-state index is -0.283. The number of carbonyl (C=O) groups is 2. The molecule has 1 aromatic heterocycles. The van der Waals surface area contributed by atoms with Gasteiger partial charge in [-0.2, -0.15) is 0 Å². The van der Waals surface area contributed by atoms with Gasteiger partial charge in [-0.3, -0.25) is 9.59 Å². The zero-order valence-electron chi connectivity index (χ0n) is 12.7. The van der Waals surface area contributed by atoms with Crippen LogP contribution in [0.25, 0.3) is 0 Å². The van der Waals surface area contributed by atoms with Gasteiger partial charge in [-0.15, -0.1) is 0 Å². The number of para-hydroxylation sites is 2. The van der Waals surface area contributed by atoms with Crippen molar-refractivity contribution in [2.45, 2.75) is 33.2 Å². The number of rotatable bonds is 1. The lowest BCUT2D eigenvalue weighted by atomic mass is 10.1. The van der Waals surface area contributed by atoms with E-state index in [0.717, 1.165) is 0 Å². The number of anilines is 2. The molecule has 0 saturated carbocycles. The molecule has 114 valence electrons. The van der Waals surface area contributed by atoms with Gasteiger partial charge in [-0.05, 0) is 26.0 Å². The van der Waals surface area contributed by atoms with Crippen LogP contribution in [0.1, 0.15) is 35.5 Å². The van der Waals surface area contributed by atoms with Gasteiger partial charge in [0.15, 0.2) is 5.89 Å². The van der Waals surface area contributed by atoms with Gasteiger partial charge in [0.2, 0.25) is 11.7 Å². The maximum absolute atomic E-state index is 12.9. The van der Waals surface area contributed by atoms with Crippen LogP contribution in [0.2, 0.25) is 0 Å². The van der Waals surface area contributed by atoms with Crippen molar-refractivity contribution in [1.29, 1.82) is 0 Å². The number of nitrogens with one attached hydrogen (secondary N) is 1. The summed E-state index contributed by atoms with van der Waals surface area (Å²) in [6.07, 6.45) is 0.229. The van der Waals surface area contributed by atoms with Crippen LogP contribution in [0.15, 0.2) is 28.7 Å². The highest BCUT2D eigenvalue weighted by atomic mass is 16.4. The van der Waals surface area contributed by atoms with Gasteiger partial charge in [0.1, 0.15) is 0 Å². The maximum Gasteiger partial charge on any atom is 0.296 e. The molecule has 2 amide bonds. The van der Waals surface area contributed by atoms with Crippen LogP contribution >= 0.6 is 0 Å². The first kappa shape index (κ1) is 14.3. The van der Waals surface area contributed by atoms with Crippen LogP contribution in [0.5, 0.6) is 0 Å². The molecule has 1 aliphatic rings. The van der Waals surface area contributed by atoms with Crippen molar-refractivity contribution in [3.63, 3.8) is 0 Å². The van der Waals surface area contributed by atoms with Crippen molar-refractivity contribution >= 4 is 23.2 Å². The van der Waals surface area contributed by atoms with Crippen molar-refractivity contribution in [2.24, 2.45) is 0 Å². The van der Waals surface area contributed by atoms with Gasteiger partial charge in [-0.1, -0.05) is 12.1 Å². The summed E-state index contributed by atoms with van der Waals surface area (Å²) in [4.78, 5) is 30.6. The number of aryl methyl sites for hydroxylation is 2. The number of aromatic nitrogens is 1. The molecule has 2 heterocycles.